The molecule has 228 valence electrons. The Kier molecular flexibility index (Phi) is 11.4. The molecule has 0 bridgehead atoms. The molecule has 12 nitrogen and oxygen atoms in total. The van der Waals surface area contributed by atoms with E-state index in [1.807, 2.05) is 33.8 Å². The van der Waals surface area contributed by atoms with Crippen molar-refractivity contribution in [3.8, 4) is 0 Å². The van der Waals surface area contributed by atoms with E-state index in [-0.39, 0.29) is 30.7 Å². The normalized spacial score (nSPS) is 27.9. The average molecular weight is 569 g/mol. The van der Waals surface area contributed by atoms with Gasteiger partial charge in [0.05, 0.1) is 37.0 Å². The molecule has 3 N–H and O–H groups in total. The standard InChI is InChI=1S/C28H48N4O8/c1-19(2)10-15-38-27(3,4)24-23(36-6)21(9-11-28(24)18-39-28)40-26(35)32-13-7-8-20(32)17-37-25(34)30-22(33)16-31(5)14-12-29/h10,20-21,23-24H,7-9,11-18,29H2,1-6H3,(H,30,33,34)/t20-,21?,23?,24?,28-/m0/s1. The van der Waals surface area contributed by atoms with Crippen molar-refractivity contribution in [2.24, 2.45) is 11.7 Å². The highest BCUT2D eigenvalue weighted by Crippen LogP contribution is 2.52. The summed E-state index contributed by atoms with van der Waals surface area (Å²) in [7, 11) is 3.37. The van der Waals surface area contributed by atoms with Gasteiger partial charge in [0.15, 0.2) is 0 Å². The number of nitrogens with two attached hydrogens (primary N) is 1. The topological polar surface area (TPSA) is 145 Å². The lowest BCUT2D eigenvalue weighted by Gasteiger charge is -2.47. The van der Waals surface area contributed by atoms with Gasteiger partial charge in [0.25, 0.3) is 0 Å². The van der Waals surface area contributed by atoms with Crippen LogP contribution in [0.15, 0.2) is 11.6 Å². The summed E-state index contributed by atoms with van der Waals surface area (Å²) in [5, 5.41) is 2.21. The fourth-order valence-electron chi connectivity index (χ4n) is 5.95. The molecule has 2 heterocycles. The number of likely N-dealkylation sites (N-methyl/N-ethyl adjacent to an activating group) is 1. The first-order chi connectivity index (χ1) is 18.9. The predicted octanol–water partition coefficient (Wildman–Crippen LogP) is 2.05. The minimum Gasteiger partial charge on any atom is -0.447 e. The Morgan fingerprint density at radius 3 is 2.60 bits per heavy atom. The summed E-state index contributed by atoms with van der Waals surface area (Å²) in [6, 6.07) is -0.337. The lowest BCUT2D eigenvalue weighted by Crippen LogP contribution is -2.59. The minimum atomic E-state index is -0.842. The molecule has 3 aliphatic rings. The van der Waals surface area contributed by atoms with Crippen LogP contribution in [-0.4, -0.2) is 118 Å². The Morgan fingerprint density at radius 2 is 1.98 bits per heavy atom. The molecule has 2 aliphatic heterocycles. The predicted molar refractivity (Wildman–Crippen MR) is 148 cm³/mol. The van der Waals surface area contributed by atoms with Crippen molar-refractivity contribution in [1.82, 2.24) is 15.1 Å². The van der Waals surface area contributed by atoms with E-state index in [2.05, 4.69) is 5.32 Å². The van der Waals surface area contributed by atoms with Crippen molar-refractivity contribution in [2.45, 2.75) is 82.8 Å². The Hall–Kier alpha value is -2.25. The number of alkyl carbamates (subject to hydrolysis) is 1. The van der Waals surface area contributed by atoms with Crippen LogP contribution >= 0.6 is 0 Å². The molecule has 1 saturated carbocycles. The van der Waals surface area contributed by atoms with Crippen molar-refractivity contribution < 1.29 is 38.1 Å². The molecule has 3 unspecified atom stereocenters. The summed E-state index contributed by atoms with van der Waals surface area (Å²) in [5.74, 6) is -0.615. The first-order valence-electron chi connectivity index (χ1n) is 14.2. The Bertz CT molecular complexity index is 918. The van der Waals surface area contributed by atoms with Crippen LogP contribution in [0.1, 0.15) is 53.4 Å². The molecule has 3 rings (SSSR count). The third-order valence-electron chi connectivity index (χ3n) is 8.03. The van der Waals surface area contributed by atoms with E-state index in [1.165, 1.54) is 5.57 Å². The van der Waals surface area contributed by atoms with Crippen LogP contribution in [0.2, 0.25) is 0 Å². The molecule has 0 aromatic rings. The van der Waals surface area contributed by atoms with Crippen LogP contribution in [0, 0.1) is 5.92 Å². The van der Waals surface area contributed by atoms with E-state index in [4.69, 9.17) is 29.4 Å². The van der Waals surface area contributed by atoms with Crippen LogP contribution in [0.25, 0.3) is 0 Å². The third kappa shape index (κ3) is 8.39. The van der Waals surface area contributed by atoms with Gasteiger partial charge in [-0.25, -0.2) is 9.59 Å². The van der Waals surface area contributed by atoms with Crippen molar-refractivity contribution in [1.29, 1.82) is 0 Å². The number of carbonyl (C=O) groups excluding carboxylic acids is 3. The maximum absolute atomic E-state index is 13.3. The summed E-state index contributed by atoms with van der Waals surface area (Å²) < 4.78 is 29.6. The molecular weight excluding hydrogens is 520 g/mol. The highest BCUT2D eigenvalue weighted by molar-refractivity contribution is 5.92. The summed E-state index contributed by atoms with van der Waals surface area (Å²) in [4.78, 5) is 40.8. The molecular formula is C28H48N4O8. The van der Waals surface area contributed by atoms with Gasteiger partial charge in [-0.15, -0.1) is 0 Å². The summed E-state index contributed by atoms with van der Waals surface area (Å²) >= 11 is 0. The number of amides is 3. The number of rotatable bonds is 12. The van der Waals surface area contributed by atoms with Crippen LogP contribution in [0.4, 0.5) is 9.59 Å². The van der Waals surface area contributed by atoms with Crippen LogP contribution in [-0.2, 0) is 28.5 Å². The molecule has 2 saturated heterocycles. The van der Waals surface area contributed by atoms with E-state index in [0.717, 1.165) is 12.8 Å². The van der Waals surface area contributed by atoms with Gasteiger partial charge >= 0.3 is 12.2 Å². The molecule has 0 radical (unpaired) electrons. The van der Waals surface area contributed by atoms with Crippen molar-refractivity contribution in [2.75, 3.05) is 60.2 Å². The van der Waals surface area contributed by atoms with Gasteiger partial charge in [0.1, 0.15) is 18.8 Å². The van der Waals surface area contributed by atoms with Gasteiger partial charge in [-0.1, -0.05) is 11.6 Å². The summed E-state index contributed by atoms with van der Waals surface area (Å²) in [5.41, 5.74) is 5.73. The van der Waals surface area contributed by atoms with E-state index < -0.39 is 35.9 Å². The van der Waals surface area contributed by atoms with Gasteiger partial charge in [-0.05, 0) is 60.4 Å². The number of likely N-dealkylation sites (tertiary alicyclic amines) is 1. The number of epoxide rings is 1. The molecule has 3 amide bonds. The quantitative estimate of drug-likeness (QED) is 0.265. The zero-order valence-electron chi connectivity index (χ0n) is 24.9. The van der Waals surface area contributed by atoms with E-state index in [0.29, 0.717) is 45.7 Å². The monoisotopic (exact) mass is 568 g/mol. The summed E-state index contributed by atoms with van der Waals surface area (Å²) in [6.45, 7) is 10.7. The molecule has 12 heteroatoms. The third-order valence-corrected chi connectivity index (χ3v) is 8.03. The zero-order valence-corrected chi connectivity index (χ0v) is 24.9. The number of hydrogen-bond donors (Lipinski definition) is 2. The first-order valence-corrected chi connectivity index (χ1v) is 14.2. The van der Waals surface area contributed by atoms with Crippen LogP contribution in [0.3, 0.4) is 0 Å². The van der Waals surface area contributed by atoms with Crippen molar-refractivity contribution in [3.05, 3.63) is 11.6 Å². The van der Waals surface area contributed by atoms with Gasteiger partial charge in [0.2, 0.25) is 5.91 Å². The fourth-order valence-corrected chi connectivity index (χ4v) is 5.95. The lowest BCUT2D eigenvalue weighted by molar-refractivity contribution is -0.174. The summed E-state index contributed by atoms with van der Waals surface area (Å²) in [6.07, 6.45) is 2.63. The molecule has 3 fully saturated rings. The Balaban J connectivity index is 1.57. The SMILES string of the molecule is COC1C(OC(=O)N2CCC[C@H]2COC(=O)NC(=O)CN(C)CCN)CC[C@]2(CO2)C1C(C)(C)OCC=C(C)C. The molecule has 5 atom stereocenters. The first kappa shape index (κ1) is 32.3. The van der Waals surface area contributed by atoms with E-state index >= 15 is 0 Å². The molecule has 1 spiro atoms. The zero-order chi connectivity index (χ0) is 29.5. The highest BCUT2D eigenvalue weighted by Gasteiger charge is 2.64. The Morgan fingerprint density at radius 1 is 1.25 bits per heavy atom. The number of allylic oxidation sites excluding steroid dienone is 1. The second-order valence-corrected chi connectivity index (χ2v) is 11.9. The fraction of sp³-hybridized carbons (Fsp3) is 0.821. The van der Waals surface area contributed by atoms with Crippen LogP contribution in [0.5, 0.6) is 0 Å². The van der Waals surface area contributed by atoms with Crippen LogP contribution < -0.4 is 11.1 Å². The largest absolute Gasteiger partial charge is 0.447 e. The lowest BCUT2D eigenvalue weighted by atomic mass is 9.68. The number of nitrogens with zero attached hydrogens (tertiary/aromatic N) is 2. The number of carbonyl (C=O) groups is 3. The second kappa shape index (κ2) is 14.1. The molecule has 40 heavy (non-hydrogen) atoms. The average Bonchev–Trinajstić information content (AvgIpc) is 3.46. The van der Waals surface area contributed by atoms with E-state index in [9.17, 15) is 14.4 Å². The molecule has 1 aliphatic carbocycles. The number of methoxy groups -OCH3 is 1. The number of ether oxygens (including phenoxy) is 5. The highest BCUT2D eigenvalue weighted by atomic mass is 16.6. The van der Waals surface area contributed by atoms with Crippen molar-refractivity contribution in [3.63, 3.8) is 0 Å². The minimum absolute atomic E-state index is 0.0281. The van der Waals surface area contributed by atoms with Gasteiger partial charge < -0.3 is 34.3 Å². The van der Waals surface area contributed by atoms with Gasteiger partial charge in [-0.2, -0.15) is 0 Å². The van der Waals surface area contributed by atoms with Gasteiger partial charge in [-0.3, -0.25) is 15.0 Å². The number of hydrogen-bond acceptors (Lipinski definition) is 10. The van der Waals surface area contributed by atoms with E-state index in [1.54, 1.807) is 24.0 Å². The van der Waals surface area contributed by atoms with Crippen molar-refractivity contribution >= 4 is 18.1 Å². The maximum atomic E-state index is 13.3. The molecule has 0 aromatic carbocycles. The maximum Gasteiger partial charge on any atom is 0.413 e. The second-order valence-electron chi connectivity index (χ2n) is 11.9. The Labute approximate surface area is 237 Å². The number of imide groups is 1. The van der Waals surface area contributed by atoms with Gasteiger partial charge in [0, 0.05) is 32.7 Å². The smallest absolute Gasteiger partial charge is 0.413 e. The molecule has 0 aromatic heterocycles. The number of nitrogens with one attached hydrogen (secondary N) is 1.